The minimum atomic E-state index is -1.12. The third-order valence-electron chi connectivity index (χ3n) is 4.18. The number of carboxylic acids is 1. The van der Waals surface area contributed by atoms with Crippen LogP contribution < -0.4 is 14.8 Å². The molecule has 1 aliphatic carbocycles. The van der Waals surface area contributed by atoms with Crippen LogP contribution in [-0.4, -0.2) is 43.9 Å². The molecule has 0 spiro atoms. The molecule has 1 aromatic rings. The third kappa shape index (κ3) is 3.56. The standard InChI is InChI=1S/C16H21NO6/c1-21-12-8-10(15(19)20)7-11(14(12)22-2)17-13(18)9-16(23-3)5-4-6-16/h7-8H,4-6,9H2,1-3H3,(H,17,18)(H,19,20). The van der Waals surface area contributed by atoms with Crippen LogP contribution in [0.4, 0.5) is 5.69 Å². The number of hydrogen-bond donors (Lipinski definition) is 2. The summed E-state index contributed by atoms with van der Waals surface area (Å²) < 4.78 is 15.8. The zero-order chi connectivity index (χ0) is 17.0. The van der Waals surface area contributed by atoms with Crippen LogP contribution >= 0.6 is 0 Å². The highest BCUT2D eigenvalue weighted by atomic mass is 16.5. The quantitative estimate of drug-likeness (QED) is 0.799. The zero-order valence-corrected chi connectivity index (χ0v) is 13.5. The summed E-state index contributed by atoms with van der Waals surface area (Å²) in [6, 6.07) is 2.70. The Balaban J connectivity index is 2.25. The van der Waals surface area contributed by atoms with Gasteiger partial charge in [-0.2, -0.15) is 0 Å². The van der Waals surface area contributed by atoms with E-state index in [0.29, 0.717) is 0 Å². The summed E-state index contributed by atoms with van der Waals surface area (Å²) in [6.07, 6.45) is 2.93. The van der Waals surface area contributed by atoms with E-state index in [1.165, 1.54) is 26.4 Å². The maximum Gasteiger partial charge on any atom is 0.335 e. The van der Waals surface area contributed by atoms with E-state index in [9.17, 15) is 9.59 Å². The summed E-state index contributed by atoms with van der Waals surface area (Å²) >= 11 is 0. The molecule has 1 saturated carbocycles. The molecule has 0 atom stereocenters. The number of ether oxygens (including phenoxy) is 3. The van der Waals surface area contributed by atoms with Crippen LogP contribution in [0.1, 0.15) is 36.0 Å². The number of methoxy groups -OCH3 is 3. The fraction of sp³-hybridized carbons (Fsp3) is 0.500. The Labute approximate surface area is 134 Å². The lowest BCUT2D eigenvalue weighted by Gasteiger charge is -2.39. The van der Waals surface area contributed by atoms with Crippen molar-refractivity contribution in [3.05, 3.63) is 17.7 Å². The topological polar surface area (TPSA) is 94.1 Å². The second-order valence-corrected chi connectivity index (χ2v) is 5.53. The van der Waals surface area contributed by atoms with Gasteiger partial charge in [0.15, 0.2) is 11.5 Å². The van der Waals surface area contributed by atoms with E-state index >= 15 is 0 Å². The number of rotatable bonds is 7. The number of hydrogen-bond acceptors (Lipinski definition) is 5. The van der Waals surface area contributed by atoms with Gasteiger partial charge < -0.3 is 24.6 Å². The highest BCUT2D eigenvalue weighted by Gasteiger charge is 2.39. The first-order valence-electron chi connectivity index (χ1n) is 7.29. The number of carboxylic acid groups (broad SMARTS) is 1. The first kappa shape index (κ1) is 17.1. The van der Waals surface area contributed by atoms with Crippen molar-refractivity contribution in [3.63, 3.8) is 0 Å². The molecule has 7 nitrogen and oxygen atoms in total. The fourth-order valence-corrected chi connectivity index (χ4v) is 2.69. The van der Waals surface area contributed by atoms with Crippen LogP contribution in [0.3, 0.4) is 0 Å². The highest BCUT2D eigenvalue weighted by Crippen LogP contribution is 2.40. The van der Waals surface area contributed by atoms with E-state index in [-0.39, 0.29) is 35.1 Å². The zero-order valence-electron chi connectivity index (χ0n) is 13.5. The van der Waals surface area contributed by atoms with Gasteiger partial charge in [0, 0.05) is 7.11 Å². The molecule has 2 rings (SSSR count). The van der Waals surface area contributed by atoms with Gasteiger partial charge in [-0.1, -0.05) is 0 Å². The molecular formula is C16H21NO6. The van der Waals surface area contributed by atoms with Gasteiger partial charge in [0.2, 0.25) is 5.91 Å². The molecule has 0 radical (unpaired) electrons. The predicted octanol–water partition coefficient (Wildman–Crippen LogP) is 2.30. The van der Waals surface area contributed by atoms with E-state index < -0.39 is 11.6 Å². The second kappa shape index (κ2) is 6.87. The molecule has 1 amide bonds. The van der Waals surface area contributed by atoms with Crippen molar-refractivity contribution in [1.29, 1.82) is 0 Å². The van der Waals surface area contributed by atoms with Crippen molar-refractivity contribution < 1.29 is 28.9 Å². The Morgan fingerprint density at radius 2 is 1.91 bits per heavy atom. The normalized spacial score (nSPS) is 15.4. The predicted molar refractivity (Wildman–Crippen MR) is 83.3 cm³/mol. The molecule has 0 bridgehead atoms. The van der Waals surface area contributed by atoms with E-state index in [0.717, 1.165) is 19.3 Å². The van der Waals surface area contributed by atoms with Gasteiger partial charge >= 0.3 is 5.97 Å². The number of benzene rings is 1. The molecule has 0 heterocycles. The van der Waals surface area contributed by atoms with E-state index in [2.05, 4.69) is 5.32 Å². The Kier molecular flexibility index (Phi) is 5.10. The highest BCUT2D eigenvalue weighted by molar-refractivity contribution is 5.97. The SMILES string of the molecule is COc1cc(C(=O)O)cc(NC(=O)CC2(OC)CCC2)c1OC. The Bertz CT molecular complexity index is 603. The van der Waals surface area contributed by atoms with Crippen molar-refractivity contribution >= 4 is 17.6 Å². The number of carbonyl (C=O) groups excluding carboxylic acids is 1. The molecular weight excluding hydrogens is 302 g/mol. The molecule has 2 N–H and O–H groups in total. The van der Waals surface area contributed by atoms with Crippen molar-refractivity contribution in [2.45, 2.75) is 31.3 Å². The molecule has 1 aliphatic rings. The summed E-state index contributed by atoms with van der Waals surface area (Å²) in [4.78, 5) is 23.5. The maximum atomic E-state index is 12.3. The molecule has 0 aliphatic heterocycles. The minimum Gasteiger partial charge on any atom is -0.493 e. The van der Waals surface area contributed by atoms with Gasteiger partial charge in [0.1, 0.15) is 0 Å². The van der Waals surface area contributed by atoms with Crippen LogP contribution in [0.2, 0.25) is 0 Å². The monoisotopic (exact) mass is 323 g/mol. The minimum absolute atomic E-state index is 0.00282. The first-order chi connectivity index (χ1) is 10.9. The molecule has 0 saturated heterocycles. The number of amides is 1. The first-order valence-corrected chi connectivity index (χ1v) is 7.29. The number of carbonyl (C=O) groups is 2. The van der Waals surface area contributed by atoms with Gasteiger partial charge in [-0.15, -0.1) is 0 Å². The summed E-state index contributed by atoms with van der Waals surface area (Å²) in [5.74, 6) is -0.845. The van der Waals surface area contributed by atoms with Crippen molar-refractivity contribution in [3.8, 4) is 11.5 Å². The van der Waals surface area contributed by atoms with Crippen LogP contribution in [0.5, 0.6) is 11.5 Å². The molecule has 1 fully saturated rings. The second-order valence-electron chi connectivity index (χ2n) is 5.53. The lowest BCUT2D eigenvalue weighted by Crippen LogP contribution is -2.42. The lowest BCUT2D eigenvalue weighted by molar-refractivity contribution is -0.129. The smallest absolute Gasteiger partial charge is 0.335 e. The van der Waals surface area contributed by atoms with Gasteiger partial charge in [-0.05, 0) is 31.4 Å². The van der Waals surface area contributed by atoms with Crippen LogP contribution in [0, 0.1) is 0 Å². The van der Waals surface area contributed by atoms with E-state index in [4.69, 9.17) is 19.3 Å². The van der Waals surface area contributed by atoms with Gasteiger partial charge in [0.25, 0.3) is 0 Å². The summed E-state index contributed by atoms with van der Waals surface area (Å²) in [6.45, 7) is 0. The number of nitrogens with one attached hydrogen (secondary N) is 1. The van der Waals surface area contributed by atoms with Crippen LogP contribution in [0.15, 0.2) is 12.1 Å². The van der Waals surface area contributed by atoms with Crippen molar-refractivity contribution in [1.82, 2.24) is 0 Å². The Morgan fingerprint density at radius 1 is 1.22 bits per heavy atom. The van der Waals surface area contributed by atoms with E-state index in [1.807, 2.05) is 0 Å². The number of aromatic carboxylic acids is 1. The van der Waals surface area contributed by atoms with Crippen LogP contribution in [0.25, 0.3) is 0 Å². The van der Waals surface area contributed by atoms with Crippen molar-refractivity contribution in [2.24, 2.45) is 0 Å². The molecule has 23 heavy (non-hydrogen) atoms. The summed E-state index contributed by atoms with van der Waals surface area (Å²) in [5.41, 5.74) is -0.144. The summed E-state index contributed by atoms with van der Waals surface area (Å²) in [5, 5.41) is 11.9. The van der Waals surface area contributed by atoms with Gasteiger partial charge in [-0.25, -0.2) is 4.79 Å². The average Bonchev–Trinajstić information content (AvgIpc) is 2.49. The third-order valence-corrected chi connectivity index (χ3v) is 4.18. The molecule has 7 heteroatoms. The Hall–Kier alpha value is -2.28. The molecule has 1 aromatic carbocycles. The Morgan fingerprint density at radius 3 is 2.35 bits per heavy atom. The molecule has 126 valence electrons. The van der Waals surface area contributed by atoms with Gasteiger partial charge in [0.05, 0.1) is 37.5 Å². The maximum absolute atomic E-state index is 12.3. The van der Waals surface area contributed by atoms with E-state index in [1.54, 1.807) is 7.11 Å². The number of anilines is 1. The van der Waals surface area contributed by atoms with Crippen LogP contribution in [-0.2, 0) is 9.53 Å². The lowest BCUT2D eigenvalue weighted by atomic mass is 9.77. The average molecular weight is 323 g/mol. The van der Waals surface area contributed by atoms with Gasteiger partial charge in [-0.3, -0.25) is 4.79 Å². The largest absolute Gasteiger partial charge is 0.493 e. The summed E-state index contributed by atoms with van der Waals surface area (Å²) in [7, 11) is 4.43. The fourth-order valence-electron chi connectivity index (χ4n) is 2.69. The molecule has 0 unspecified atom stereocenters. The molecule has 0 aromatic heterocycles. The van der Waals surface area contributed by atoms with Crippen molar-refractivity contribution in [2.75, 3.05) is 26.6 Å².